The summed E-state index contributed by atoms with van der Waals surface area (Å²) in [6.07, 6.45) is 4.92. The zero-order valence-corrected chi connectivity index (χ0v) is 40.9. The Morgan fingerprint density at radius 2 is 1.34 bits per heavy atom. The van der Waals surface area contributed by atoms with E-state index in [1.54, 1.807) is 50.2 Å². The third kappa shape index (κ3) is 11.9. The Bertz CT molecular complexity index is 2670. The number of nitrogens with one attached hydrogen (secondary N) is 2. The van der Waals surface area contributed by atoms with Crippen molar-refractivity contribution in [2.24, 2.45) is 23.7 Å². The number of carbonyl (C=O) groups is 4. The highest BCUT2D eigenvalue weighted by Gasteiger charge is 2.33. The summed E-state index contributed by atoms with van der Waals surface area (Å²) in [5.74, 6) is 1.42. The molecule has 376 valence electrons. The van der Waals surface area contributed by atoms with Crippen molar-refractivity contribution in [1.82, 2.24) is 15.5 Å². The van der Waals surface area contributed by atoms with Gasteiger partial charge in [-0.15, -0.1) is 0 Å². The summed E-state index contributed by atoms with van der Waals surface area (Å²) in [5.41, 5.74) is 3.27. The molecule has 0 saturated heterocycles. The molecular weight excluding hydrogens is 925 g/mol. The van der Waals surface area contributed by atoms with Crippen molar-refractivity contribution in [3.8, 4) is 28.7 Å². The average molecular weight is 988 g/mol. The Kier molecular flexibility index (Phi) is 15.8. The first kappa shape index (κ1) is 50.4. The fourth-order valence-corrected chi connectivity index (χ4v) is 10.1. The van der Waals surface area contributed by atoms with Crippen LogP contribution in [0.25, 0.3) is 21.8 Å². The smallest absolute Gasteiger partial charge is 0.265 e. The molecule has 1 saturated carbocycles. The number of aryl methyl sites for hydroxylation is 3. The quantitative estimate of drug-likeness (QED) is 0.0227. The van der Waals surface area contributed by atoms with Crippen LogP contribution in [0.5, 0.6) is 28.7 Å². The van der Waals surface area contributed by atoms with Gasteiger partial charge in [0.2, 0.25) is 23.2 Å². The van der Waals surface area contributed by atoms with E-state index in [-0.39, 0.29) is 60.3 Å². The maximum atomic E-state index is 13.5. The minimum atomic E-state index is -4.24. The van der Waals surface area contributed by atoms with Gasteiger partial charge in [-0.2, -0.15) is 13.0 Å². The number of ether oxygens (including phenoxy) is 6. The monoisotopic (exact) mass is 987 g/mol. The summed E-state index contributed by atoms with van der Waals surface area (Å²) in [5, 5.41) is 19.4. The van der Waals surface area contributed by atoms with E-state index in [0.717, 1.165) is 25.7 Å². The minimum Gasteiger partial charge on any atom is -0.486 e. The Hall–Kier alpha value is -6.02. The molecule has 0 bridgehead atoms. The van der Waals surface area contributed by atoms with Crippen molar-refractivity contribution in [1.29, 1.82) is 0 Å². The van der Waals surface area contributed by atoms with Crippen LogP contribution in [0.3, 0.4) is 0 Å². The average Bonchev–Trinajstić information content (AvgIpc) is 3.65. The highest BCUT2D eigenvalue weighted by molar-refractivity contribution is 7.85. The number of carbonyl (C=O) groups excluding carboxylic acids is 4. The van der Waals surface area contributed by atoms with Gasteiger partial charge in [0.1, 0.15) is 32.2 Å². The Labute approximate surface area is 407 Å². The van der Waals surface area contributed by atoms with Gasteiger partial charge in [0.25, 0.3) is 27.8 Å². The zero-order chi connectivity index (χ0) is 49.7. The zero-order valence-electron chi connectivity index (χ0n) is 40.1. The number of hydrogen-bond donors (Lipinski definition) is 4. The van der Waals surface area contributed by atoms with Crippen LogP contribution >= 0.6 is 0 Å². The lowest BCUT2D eigenvalue weighted by Gasteiger charge is -2.30. The lowest BCUT2D eigenvalue weighted by atomic mass is 9.81. The maximum Gasteiger partial charge on any atom is 0.265 e. The molecule has 18 nitrogen and oxygen atoms in total. The third-order valence-corrected chi connectivity index (χ3v) is 14.2. The van der Waals surface area contributed by atoms with E-state index in [1.807, 2.05) is 18.4 Å². The molecule has 3 aromatic carbocycles. The van der Waals surface area contributed by atoms with Crippen LogP contribution < -0.4 is 38.9 Å². The van der Waals surface area contributed by atoms with Crippen LogP contribution in [0.4, 0.5) is 0 Å². The third-order valence-electron chi connectivity index (χ3n) is 13.4. The molecule has 3 aliphatic heterocycles. The van der Waals surface area contributed by atoms with Crippen LogP contribution in [0.15, 0.2) is 48.6 Å². The molecule has 4 N–H and O–H groups in total. The number of benzene rings is 3. The lowest BCUT2D eigenvalue weighted by molar-refractivity contribution is -0.645. The summed E-state index contributed by atoms with van der Waals surface area (Å²) < 4.78 is 71.1. The molecule has 19 heteroatoms. The van der Waals surface area contributed by atoms with Crippen molar-refractivity contribution in [3.05, 3.63) is 70.8 Å². The molecule has 0 spiro atoms. The van der Waals surface area contributed by atoms with Gasteiger partial charge < -0.3 is 44.2 Å². The van der Waals surface area contributed by atoms with Gasteiger partial charge >= 0.3 is 0 Å². The van der Waals surface area contributed by atoms with Gasteiger partial charge in [-0.25, -0.2) is 0 Å². The first-order valence-corrected chi connectivity index (χ1v) is 25.7. The van der Waals surface area contributed by atoms with Gasteiger partial charge in [-0.1, -0.05) is 13.8 Å². The molecule has 4 amide bonds. The van der Waals surface area contributed by atoms with Crippen molar-refractivity contribution in [3.63, 3.8) is 0 Å². The number of hydrogen-bond acceptors (Lipinski definition) is 13. The molecule has 0 radical (unpaired) electrons. The van der Waals surface area contributed by atoms with Crippen LogP contribution in [-0.4, -0.2) is 112 Å². The highest BCUT2D eigenvalue weighted by atomic mass is 32.2. The molecule has 8 rings (SSSR count). The van der Waals surface area contributed by atoms with E-state index in [4.69, 9.17) is 28.4 Å². The molecule has 3 atom stereocenters. The second kappa shape index (κ2) is 22.0. The minimum absolute atomic E-state index is 0.0315. The normalized spacial score (nSPS) is 19.0. The Morgan fingerprint density at radius 3 is 1.90 bits per heavy atom. The van der Waals surface area contributed by atoms with Crippen molar-refractivity contribution < 1.29 is 70.2 Å². The van der Waals surface area contributed by atoms with E-state index in [9.17, 15) is 37.3 Å². The predicted molar refractivity (Wildman–Crippen MR) is 257 cm³/mol. The highest BCUT2D eigenvalue weighted by Crippen LogP contribution is 2.43. The molecule has 4 aliphatic rings. The van der Waals surface area contributed by atoms with Crippen LogP contribution in [-0.2, 0) is 35.8 Å². The van der Waals surface area contributed by atoms with Crippen LogP contribution in [0, 0.1) is 37.5 Å². The Morgan fingerprint density at radius 1 is 0.800 bits per heavy atom. The van der Waals surface area contributed by atoms with Gasteiger partial charge in [0, 0.05) is 61.9 Å². The van der Waals surface area contributed by atoms with Crippen molar-refractivity contribution in [2.45, 2.75) is 79.1 Å². The number of aliphatic hydroxyl groups is 1. The fraction of sp³-hybridized carbons (Fsp3) is 0.510. The number of aliphatic hydroxyl groups excluding tert-OH is 1. The topological polar surface area (TPSA) is 229 Å². The van der Waals surface area contributed by atoms with E-state index < -0.39 is 22.2 Å². The fourth-order valence-electron chi connectivity index (χ4n) is 9.65. The molecule has 1 aliphatic carbocycles. The second-order valence-corrected chi connectivity index (χ2v) is 20.6. The van der Waals surface area contributed by atoms with E-state index >= 15 is 0 Å². The summed E-state index contributed by atoms with van der Waals surface area (Å²) in [7, 11) is -4.24. The number of nitrogens with zero attached hydrogens (tertiary/aromatic N) is 2. The van der Waals surface area contributed by atoms with Crippen LogP contribution in [0.1, 0.15) is 85.7 Å². The van der Waals surface area contributed by atoms with Crippen molar-refractivity contribution in [2.75, 3.05) is 65.0 Å². The van der Waals surface area contributed by atoms with Gasteiger partial charge in [0.15, 0.2) is 29.5 Å². The second-order valence-electron chi connectivity index (χ2n) is 19.0. The molecule has 4 aromatic rings. The van der Waals surface area contributed by atoms with E-state index in [2.05, 4.69) is 10.6 Å². The van der Waals surface area contributed by atoms with E-state index in [0.29, 0.717) is 139 Å². The van der Waals surface area contributed by atoms with Gasteiger partial charge in [0.05, 0.1) is 35.3 Å². The Balaban J connectivity index is 0.855. The number of fused-ring (bicyclic) bond motifs is 4. The first-order valence-electron chi connectivity index (χ1n) is 24.1. The number of imide groups is 1. The predicted octanol–water partition coefficient (Wildman–Crippen LogP) is 5.04. The number of amides is 4. The standard InChI is InChI=1S/C51H62N4O14S/c1-30(12-14-64-29-31(2)27-53-49(58)35-8-6-34(7-9-35)28-55-45(56)10-11-46(55)57)26-52-50(59)36-20-32(3)48(33(4)21-36)69-51(60)47-37-22-41-43(67-17-15-65-41)24-39(37)54(13-5-19-70(61,62)63)40-25-44-42(23-38(40)47)66-16-18-68-44/h10-11,20-25,30-31,34-35,51,60H,5-9,12-19,26-29H2,1-4H3,(H2-,52,53,58,59,61,62,63)/p+1/t30?,31?,34?,35?,51-/m1/s1. The first-order chi connectivity index (χ1) is 33.5. The molecular formula is C51H63N4O14S+. The summed E-state index contributed by atoms with van der Waals surface area (Å²) in [4.78, 5) is 51.5. The number of aromatic nitrogens is 1. The molecule has 1 aromatic heterocycles. The SMILES string of the molecule is Cc1cc(C(=O)NCC(C)CCOCC(C)CNC(=O)C2CCC(CN3C(=O)C=CC3=O)CC2)cc(C)c1O[C@@H](O)c1c2cc3c(cc2[n+](CCCS(=O)(=O)O)c2cc4c(cc12)OCCO4)OCCO3. The molecule has 70 heavy (non-hydrogen) atoms. The summed E-state index contributed by atoms with van der Waals surface area (Å²) in [6, 6.07) is 10.5. The summed E-state index contributed by atoms with van der Waals surface area (Å²) in [6.45, 7) is 11.5. The lowest BCUT2D eigenvalue weighted by Crippen LogP contribution is -2.39. The number of rotatable bonds is 20. The van der Waals surface area contributed by atoms with Crippen LogP contribution in [0.2, 0.25) is 0 Å². The molecule has 4 heterocycles. The van der Waals surface area contributed by atoms with Crippen molar-refractivity contribution >= 4 is 55.6 Å². The molecule has 2 unspecified atom stereocenters. The van der Waals surface area contributed by atoms with E-state index in [1.165, 1.54) is 17.1 Å². The van der Waals surface area contributed by atoms with Gasteiger partial charge in [-0.05, 0) is 99.1 Å². The maximum absolute atomic E-state index is 13.5. The molecule has 1 fully saturated rings. The van der Waals surface area contributed by atoms with Gasteiger partial charge in [-0.3, -0.25) is 28.6 Å². The number of pyridine rings is 1. The largest absolute Gasteiger partial charge is 0.486 e. The summed E-state index contributed by atoms with van der Waals surface area (Å²) >= 11 is 0.